The van der Waals surface area contributed by atoms with Gasteiger partial charge in [0, 0.05) is 25.0 Å². The number of carbonyl (C=O) groups is 4. The number of hydrogen-bond acceptors (Lipinski definition) is 10. The van der Waals surface area contributed by atoms with Crippen LogP contribution in [0.25, 0.3) is 0 Å². The number of ether oxygens (including phenoxy) is 2. The minimum atomic E-state index is -0.975. The van der Waals surface area contributed by atoms with Crippen LogP contribution < -0.4 is 0 Å². The molecule has 0 radical (unpaired) electrons. The number of esters is 2. The van der Waals surface area contributed by atoms with E-state index in [1.54, 1.807) is 0 Å². The molecule has 8 saturated carbocycles. The van der Waals surface area contributed by atoms with Gasteiger partial charge in [-0.15, -0.1) is 0 Å². The van der Waals surface area contributed by atoms with Gasteiger partial charge in [0.05, 0.1) is 24.4 Å². The van der Waals surface area contributed by atoms with Gasteiger partial charge in [-0.2, -0.15) is 0 Å². The van der Waals surface area contributed by atoms with Gasteiger partial charge >= 0.3 is 23.9 Å². The summed E-state index contributed by atoms with van der Waals surface area (Å²) in [5.74, 6) is -2.44. The van der Waals surface area contributed by atoms with Gasteiger partial charge in [0.1, 0.15) is 12.2 Å². The predicted molar refractivity (Wildman–Crippen MR) is 283 cm³/mol. The molecule has 0 bridgehead atoms. The summed E-state index contributed by atoms with van der Waals surface area (Å²) in [5.41, 5.74) is 2.41. The Labute approximate surface area is 442 Å². The van der Waals surface area contributed by atoms with Crippen molar-refractivity contribution in [2.45, 2.75) is 236 Å². The molecular formula is C62H94O12. The third kappa shape index (κ3) is 9.12. The van der Waals surface area contributed by atoms with Crippen molar-refractivity contribution in [3.8, 4) is 0 Å². The van der Waals surface area contributed by atoms with Gasteiger partial charge in [-0.1, -0.05) is 78.7 Å². The highest BCUT2D eigenvalue weighted by molar-refractivity contribution is 5.89. The average Bonchev–Trinajstić information content (AvgIpc) is 3.72. The van der Waals surface area contributed by atoms with Crippen molar-refractivity contribution in [2.75, 3.05) is 0 Å². The lowest BCUT2D eigenvalue weighted by molar-refractivity contribution is -0.389. The first-order valence-electron chi connectivity index (χ1n) is 28.7. The third-order valence-electron chi connectivity index (χ3n) is 23.4. The van der Waals surface area contributed by atoms with Crippen LogP contribution >= 0.6 is 0 Å². The predicted octanol–water partition coefficient (Wildman–Crippen LogP) is 12.3. The topological polar surface area (TPSA) is 186 Å². The number of aliphatic hydroxyl groups is 2. The summed E-state index contributed by atoms with van der Waals surface area (Å²) >= 11 is 0. The Balaban J connectivity index is 0.979. The molecule has 0 heterocycles. The number of carboxylic acids is 2. The van der Waals surface area contributed by atoms with Gasteiger partial charge in [-0.3, -0.25) is 9.59 Å². The summed E-state index contributed by atoms with van der Waals surface area (Å²) in [7, 11) is 0. The number of hydrogen-bond donors (Lipinski definition) is 4. The standard InChI is InChI=1S/C62H94O12/c1-33(2)17-15-19-39(55(67)68)51-43-29-45(65)53-57(9)25-23-47(35(5)41(57)21-27-59(53,11)61(43,13)31-49(51)71-37(7)63)73-74-48-24-26-58(10)42(36(48)6)22-28-60(12)54(58)46(66)30-44-52(40(56(69)70)20-16-18-34(3)4)50(72-38(8)64)32-62(44,60)14/h17-18,35-36,41-50,53-54,65-66H,15-16,19-32H2,1-14H3,(H,67,68)(H,69,70)/b51-39-,52-40-. The zero-order chi connectivity index (χ0) is 54.4. The van der Waals surface area contributed by atoms with E-state index in [4.69, 9.17) is 19.2 Å². The van der Waals surface area contributed by atoms with Crippen LogP contribution in [0.3, 0.4) is 0 Å². The van der Waals surface area contributed by atoms with Gasteiger partial charge < -0.3 is 29.9 Å². The summed E-state index contributed by atoms with van der Waals surface area (Å²) < 4.78 is 12.1. The quantitative estimate of drug-likeness (QED) is 0.0450. The van der Waals surface area contributed by atoms with Crippen molar-refractivity contribution < 1.29 is 58.9 Å². The number of carboxylic acid groups (broad SMARTS) is 2. The van der Waals surface area contributed by atoms with Gasteiger partial charge in [0.25, 0.3) is 0 Å². The second-order valence-corrected chi connectivity index (χ2v) is 27.4. The molecule has 20 atom stereocenters. The molecule has 0 saturated heterocycles. The molecule has 8 aliphatic carbocycles. The smallest absolute Gasteiger partial charge is 0.331 e. The fourth-order valence-electron chi connectivity index (χ4n) is 20.0. The van der Waals surface area contributed by atoms with E-state index < -0.39 is 59.1 Å². The monoisotopic (exact) mass is 1030 g/mol. The molecule has 12 nitrogen and oxygen atoms in total. The zero-order valence-electron chi connectivity index (χ0n) is 47.6. The number of allylic oxidation sites excluding steroid dienone is 4. The van der Waals surface area contributed by atoms with Gasteiger partial charge in [0.2, 0.25) is 0 Å². The molecule has 8 aliphatic rings. The Morgan fingerprint density at radius 2 is 0.892 bits per heavy atom. The summed E-state index contributed by atoms with van der Waals surface area (Å²) in [6.07, 6.45) is 12.0. The molecule has 0 spiro atoms. The summed E-state index contributed by atoms with van der Waals surface area (Å²) in [6.45, 7) is 29.5. The molecule has 8 fully saturated rings. The summed E-state index contributed by atoms with van der Waals surface area (Å²) in [5, 5.41) is 46.5. The lowest BCUT2D eigenvalue weighted by atomic mass is 9.36. The minimum absolute atomic E-state index is 0.0394. The fourth-order valence-corrected chi connectivity index (χ4v) is 20.0. The lowest BCUT2D eigenvalue weighted by Crippen LogP contribution is -2.66. The highest BCUT2D eigenvalue weighted by atomic mass is 17.2. The van der Waals surface area contributed by atoms with E-state index in [1.807, 2.05) is 27.7 Å². The van der Waals surface area contributed by atoms with Crippen LogP contribution in [0.2, 0.25) is 0 Å². The largest absolute Gasteiger partial charge is 0.478 e. The molecule has 0 aliphatic heterocycles. The van der Waals surface area contributed by atoms with Crippen molar-refractivity contribution in [3.05, 3.63) is 45.6 Å². The number of aliphatic carboxylic acids is 2. The highest BCUT2D eigenvalue weighted by Crippen LogP contribution is 2.76. The molecule has 8 rings (SSSR count). The minimum Gasteiger partial charge on any atom is -0.478 e. The maximum atomic E-state index is 13.1. The Hall–Kier alpha value is -3.32. The second kappa shape index (κ2) is 20.5. The Kier molecular flexibility index (Phi) is 15.7. The number of aliphatic hydroxyl groups excluding tert-OH is 2. The van der Waals surface area contributed by atoms with Crippen LogP contribution in [0, 0.1) is 79.8 Å². The third-order valence-corrected chi connectivity index (χ3v) is 23.4. The van der Waals surface area contributed by atoms with E-state index in [0.29, 0.717) is 73.7 Å². The molecule has 0 aromatic rings. The molecule has 0 aromatic heterocycles. The van der Waals surface area contributed by atoms with Crippen molar-refractivity contribution in [1.29, 1.82) is 0 Å². The Morgan fingerprint density at radius 1 is 0.541 bits per heavy atom. The lowest BCUT2D eigenvalue weighted by Gasteiger charge is -2.69. The highest BCUT2D eigenvalue weighted by Gasteiger charge is 2.73. The summed E-state index contributed by atoms with van der Waals surface area (Å²) in [6, 6.07) is 0. The van der Waals surface area contributed by atoms with Crippen LogP contribution in [0.1, 0.15) is 200 Å². The van der Waals surface area contributed by atoms with E-state index >= 15 is 0 Å². The normalized spacial score (nSPS) is 46.5. The second-order valence-electron chi connectivity index (χ2n) is 27.4. The van der Waals surface area contributed by atoms with Gasteiger partial charge in [-0.25, -0.2) is 19.4 Å². The first-order valence-corrected chi connectivity index (χ1v) is 28.7. The molecule has 74 heavy (non-hydrogen) atoms. The maximum Gasteiger partial charge on any atom is 0.331 e. The molecular weight excluding hydrogens is 937 g/mol. The first-order chi connectivity index (χ1) is 34.5. The van der Waals surface area contributed by atoms with Crippen LogP contribution in [0.4, 0.5) is 0 Å². The van der Waals surface area contributed by atoms with Gasteiger partial charge in [-0.05, 0) is 221 Å². The van der Waals surface area contributed by atoms with E-state index in [2.05, 4.69) is 67.5 Å². The SMILES string of the molecule is CC(=O)OC1CC2(C)C(CC(O)C3C4(C)CCC(OOC5CCC6(C)C(CCC7(C)C6C(O)CC6/C(=C(\CCC=C(C)C)C(=O)O)C(OC(C)=O)CC67C)C5C)C(C)C4CCC32C)/C1=C(\CCC=C(C)C)C(=O)O. The van der Waals surface area contributed by atoms with Crippen molar-refractivity contribution in [1.82, 2.24) is 0 Å². The van der Waals surface area contributed by atoms with E-state index in [-0.39, 0.29) is 81.2 Å². The first kappa shape index (κ1) is 56.9. The zero-order valence-corrected chi connectivity index (χ0v) is 47.6. The molecule has 0 amide bonds. The van der Waals surface area contributed by atoms with Gasteiger partial charge in [0.15, 0.2) is 0 Å². The molecule has 20 unspecified atom stereocenters. The van der Waals surface area contributed by atoms with E-state index in [1.165, 1.54) is 13.8 Å². The van der Waals surface area contributed by atoms with E-state index in [9.17, 15) is 39.6 Å². The average molecular weight is 1030 g/mol. The van der Waals surface area contributed by atoms with Crippen LogP contribution in [-0.2, 0) is 38.4 Å². The number of rotatable bonds is 13. The fraction of sp³-hybridized carbons (Fsp3) is 0.806. The molecule has 12 heteroatoms. The molecule has 414 valence electrons. The molecule has 4 N–H and O–H groups in total. The van der Waals surface area contributed by atoms with Crippen LogP contribution in [0.5, 0.6) is 0 Å². The van der Waals surface area contributed by atoms with Crippen LogP contribution in [-0.4, -0.2) is 80.9 Å². The maximum absolute atomic E-state index is 13.1. The Morgan fingerprint density at radius 3 is 1.20 bits per heavy atom. The van der Waals surface area contributed by atoms with Crippen molar-refractivity contribution in [3.63, 3.8) is 0 Å². The van der Waals surface area contributed by atoms with Crippen molar-refractivity contribution in [2.24, 2.45) is 79.8 Å². The Bertz CT molecular complexity index is 2180. The number of fused-ring (bicyclic) bond motifs is 10. The molecule has 0 aromatic carbocycles. The summed E-state index contributed by atoms with van der Waals surface area (Å²) in [4.78, 5) is 64.8. The van der Waals surface area contributed by atoms with Crippen molar-refractivity contribution >= 4 is 23.9 Å². The van der Waals surface area contributed by atoms with Crippen LogP contribution in [0.15, 0.2) is 45.6 Å². The van der Waals surface area contributed by atoms with E-state index in [0.717, 1.165) is 62.5 Å². The number of carbonyl (C=O) groups excluding carboxylic acids is 2.